The Morgan fingerprint density at radius 3 is 2.27 bits per heavy atom. The molecule has 1 fully saturated rings. The van der Waals surface area contributed by atoms with Crippen LogP contribution in [0, 0.1) is 62.6 Å². The number of rotatable bonds is 4. The van der Waals surface area contributed by atoms with E-state index in [2.05, 4.69) is 0 Å². The van der Waals surface area contributed by atoms with Crippen LogP contribution in [0.3, 0.4) is 0 Å². The molecule has 128 valence electrons. The Kier molecular flexibility index (Phi) is 5.74. The summed E-state index contributed by atoms with van der Waals surface area (Å²) in [6.45, 7) is 0. The molecule has 0 spiro atoms. The van der Waals surface area contributed by atoms with E-state index in [1.165, 1.54) is 0 Å². The molecule has 0 saturated heterocycles. The first-order chi connectivity index (χ1) is 12.6. The predicted octanol–water partition coefficient (Wildman–Crippen LogP) is 3.14. The Hall–Kier alpha value is -3.61. The highest BCUT2D eigenvalue weighted by Crippen LogP contribution is 2.43. The smallest absolute Gasteiger partial charge is 0.182 e. The van der Waals surface area contributed by atoms with E-state index in [0.717, 1.165) is 5.56 Å². The van der Waals surface area contributed by atoms with Crippen LogP contribution in [0.1, 0.15) is 24.8 Å². The molecule has 0 bridgehead atoms. The number of hydrogen-bond donors (Lipinski definition) is 0. The molecular formula is C20H16N4O2. The van der Waals surface area contributed by atoms with Crippen molar-refractivity contribution in [3.8, 4) is 30.0 Å². The molecule has 1 unspecified atom stereocenters. The minimum atomic E-state index is -1.96. The highest BCUT2D eigenvalue weighted by Gasteiger charge is 2.52. The second-order valence-electron chi connectivity index (χ2n) is 6.04. The lowest BCUT2D eigenvalue weighted by Gasteiger charge is -2.32. The molecule has 6 nitrogen and oxygen atoms in total. The standard InChI is InChI=1S/C20H16N4O2/c1-26-17-7-5-14(6-8-17)9-15-3-2-4-18(19(15)25)20(12-23,13-24)16(10-21)11-22/h5-9,16,18H,2-4H2,1H3/b15-9+. The number of hydrogen-bond acceptors (Lipinski definition) is 6. The predicted molar refractivity (Wildman–Crippen MR) is 91.7 cm³/mol. The number of ketones is 1. The Bertz CT molecular complexity index is 860. The summed E-state index contributed by atoms with van der Waals surface area (Å²) in [6.07, 6.45) is 3.16. The van der Waals surface area contributed by atoms with Gasteiger partial charge in [0.25, 0.3) is 0 Å². The van der Waals surface area contributed by atoms with Crippen LogP contribution in [0.4, 0.5) is 0 Å². The fraction of sp³-hybridized carbons (Fsp3) is 0.350. The van der Waals surface area contributed by atoms with Gasteiger partial charge in [-0.1, -0.05) is 12.1 Å². The molecule has 1 atom stereocenters. The number of ether oxygens (including phenoxy) is 1. The number of benzene rings is 1. The second kappa shape index (κ2) is 7.98. The third-order valence-corrected chi connectivity index (χ3v) is 4.66. The molecule has 0 N–H and O–H groups in total. The first-order valence-electron chi connectivity index (χ1n) is 8.06. The second-order valence-corrected chi connectivity index (χ2v) is 6.04. The van der Waals surface area contributed by atoms with Gasteiger partial charge in [-0.2, -0.15) is 21.0 Å². The van der Waals surface area contributed by atoms with Crippen LogP contribution in [0.2, 0.25) is 0 Å². The molecule has 1 saturated carbocycles. The molecule has 1 aliphatic rings. The van der Waals surface area contributed by atoms with Crippen molar-refractivity contribution < 1.29 is 9.53 Å². The van der Waals surface area contributed by atoms with Gasteiger partial charge in [-0.25, -0.2) is 0 Å². The van der Waals surface area contributed by atoms with Crippen molar-refractivity contribution in [2.24, 2.45) is 17.3 Å². The molecule has 26 heavy (non-hydrogen) atoms. The van der Waals surface area contributed by atoms with Crippen molar-refractivity contribution in [3.63, 3.8) is 0 Å². The van der Waals surface area contributed by atoms with Gasteiger partial charge in [0.15, 0.2) is 17.1 Å². The molecule has 1 aromatic rings. The topological polar surface area (TPSA) is 121 Å². The van der Waals surface area contributed by atoms with E-state index in [4.69, 9.17) is 4.74 Å². The summed E-state index contributed by atoms with van der Waals surface area (Å²) < 4.78 is 5.10. The van der Waals surface area contributed by atoms with Gasteiger partial charge < -0.3 is 4.74 Å². The molecule has 0 amide bonds. The SMILES string of the molecule is COc1ccc(/C=C2\CCCC(C(C#N)(C#N)C(C#N)C#N)C2=O)cc1. The lowest BCUT2D eigenvalue weighted by atomic mass is 9.63. The lowest BCUT2D eigenvalue weighted by Crippen LogP contribution is -2.41. The average molecular weight is 344 g/mol. The van der Waals surface area contributed by atoms with Crippen LogP contribution in [0.25, 0.3) is 6.08 Å². The van der Waals surface area contributed by atoms with Crippen LogP contribution in [-0.4, -0.2) is 12.9 Å². The van der Waals surface area contributed by atoms with E-state index in [1.54, 1.807) is 61.7 Å². The van der Waals surface area contributed by atoms with Gasteiger partial charge >= 0.3 is 0 Å². The lowest BCUT2D eigenvalue weighted by molar-refractivity contribution is -0.122. The van der Waals surface area contributed by atoms with Crippen molar-refractivity contribution in [1.82, 2.24) is 0 Å². The highest BCUT2D eigenvalue weighted by molar-refractivity contribution is 6.02. The minimum Gasteiger partial charge on any atom is -0.497 e. The third-order valence-electron chi connectivity index (χ3n) is 4.66. The maximum atomic E-state index is 12.9. The monoisotopic (exact) mass is 344 g/mol. The zero-order valence-electron chi connectivity index (χ0n) is 14.3. The van der Waals surface area contributed by atoms with Crippen LogP contribution in [0.15, 0.2) is 29.8 Å². The van der Waals surface area contributed by atoms with Crippen LogP contribution in [0.5, 0.6) is 5.75 Å². The Labute approximate surface area is 152 Å². The quantitative estimate of drug-likeness (QED) is 0.773. The molecule has 1 aliphatic carbocycles. The average Bonchev–Trinajstić information content (AvgIpc) is 2.69. The van der Waals surface area contributed by atoms with Crippen LogP contribution in [-0.2, 0) is 4.79 Å². The Morgan fingerprint density at radius 1 is 1.15 bits per heavy atom. The van der Waals surface area contributed by atoms with Gasteiger partial charge in [0.2, 0.25) is 0 Å². The van der Waals surface area contributed by atoms with E-state index in [9.17, 15) is 25.8 Å². The van der Waals surface area contributed by atoms with Gasteiger partial charge in [-0.3, -0.25) is 4.79 Å². The van der Waals surface area contributed by atoms with E-state index < -0.39 is 17.3 Å². The summed E-state index contributed by atoms with van der Waals surface area (Å²) >= 11 is 0. The fourth-order valence-corrected chi connectivity index (χ4v) is 3.20. The number of allylic oxidation sites excluding steroid dienone is 1. The number of methoxy groups -OCH3 is 1. The van der Waals surface area contributed by atoms with Gasteiger partial charge in [0.1, 0.15) is 5.75 Å². The number of nitriles is 4. The summed E-state index contributed by atoms with van der Waals surface area (Å²) in [4.78, 5) is 12.9. The van der Waals surface area contributed by atoms with Crippen LogP contribution < -0.4 is 4.74 Å². The highest BCUT2D eigenvalue weighted by atomic mass is 16.5. The fourth-order valence-electron chi connectivity index (χ4n) is 3.20. The summed E-state index contributed by atoms with van der Waals surface area (Å²) in [5, 5.41) is 37.5. The van der Waals surface area contributed by atoms with Gasteiger partial charge in [-0.15, -0.1) is 0 Å². The normalized spacial score (nSPS) is 18.5. The molecule has 1 aromatic carbocycles. The largest absolute Gasteiger partial charge is 0.497 e. The van der Waals surface area contributed by atoms with Crippen molar-refractivity contribution in [3.05, 3.63) is 35.4 Å². The molecule has 0 heterocycles. The molecule has 0 aromatic heterocycles. The zero-order valence-corrected chi connectivity index (χ0v) is 14.3. The maximum absolute atomic E-state index is 12.9. The summed E-state index contributed by atoms with van der Waals surface area (Å²) in [6, 6.07) is 14.1. The van der Waals surface area contributed by atoms with Crippen molar-refractivity contribution in [2.45, 2.75) is 19.3 Å². The summed E-state index contributed by atoms with van der Waals surface area (Å²) in [5.41, 5.74) is -0.664. The van der Waals surface area contributed by atoms with Gasteiger partial charge in [-0.05, 0) is 48.6 Å². The first-order valence-corrected chi connectivity index (χ1v) is 8.06. The minimum absolute atomic E-state index is 0.305. The first kappa shape index (κ1) is 18.7. The molecular weight excluding hydrogens is 328 g/mol. The summed E-state index contributed by atoms with van der Waals surface area (Å²) in [5.74, 6) is -2.11. The van der Waals surface area contributed by atoms with Crippen molar-refractivity contribution in [2.75, 3.05) is 7.11 Å². The zero-order chi connectivity index (χ0) is 19.2. The molecule has 0 aliphatic heterocycles. The number of carbonyl (C=O) groups excluding carboxylic acids is 1. The molecule has 6 heteroatoms. The van der Waals surface area contributed by atoms with Gasteiger partial charge in [0, 0.05) is 0 Å². The number of nitrogens with zero attached hydrogens (tertiary/aromatic N) is 4. The van der Waals surface area contributed by atoms with Gasteiger partial charge in [0.05, 0.1) is 37.3 Å². The maximum Gasteiger partial charge on any atom is 0.182 e. The van der Waals surface area contributed by atoms with E-state index in [-0.39, 0.29) is 5.78 Å². The Balaban J connectivity index is 2.41. The Morgan fingerprint density at radius 2 is 1.77 bits per heavy atom. The van der Waals surface area contributed by atoms with Crippen LogP contribution >= 0.6 is 0 Å². The van der Waals surface area contributed by atoms with E-state index in [0.29, 0.717) is 30.6 Å². The van der Waals surface area contributed by atoms with Crippen molar-refractivity contribution >= 4 is 11.9 Å². The number of Topliss-reactive ketones (excluding diaryl/α,β-unsaturated/α-hetero) is 1. The summed E-state index contributed by atoms with van der Waals surface area (Å²) in [7, 11) is 1.56. The molecule has 0 radical (unpaired) electrons. The van der Waals surface area contributed by atoms with Crippen molar-refractivity contribution in [1.29, 1.82) is 21.0 Å². The number of carbonyl (C=O) groups is 1. The van der Waals surface area contributed by atoms with E-state index in [1.807, 2.05) is 0 Å². The molecule has 2 rings (SSSR count). The third kappa shape index (κ3) is 3.27. The van der Waals surface area contributed by atoms with E-state index >= 15 is 0 Å².